The molecule has 0 aliphatic carbocycles. The maximum Gasteiger partial charge on any atom is 0.416 e. The Bertz CT molecular complexity index is 837. The van der Waals surface area contributed by atoms with Crippen molar-refractivity contribution in [1.29, 1.82) is 0 Å². The molecular weight excluding hydrogens is 369 g/mol. The van der Waals surface area contributed by atoms with Crippen LogP contribution in [0.25, 0.3) is 0 Å². The molecular formula is C21H23F3N2O2. The van der Waals surface area contributed by atoms with E-state index in [1.54, 1.807) is 0 Å². The Morgan fingerprint density at radius 1 is 1.18 bits per heavy atom. The van der Waals surface area contributed by atoms with E-state index in [9.17, 15) is 18.0 Å². The van der Waals surface area contributed by atoms with Gasteiger partial charge in [0.25, 0.3) is 5.91 Å². The first-order valence-corrected chi connectivity index (χ1v) is 9.29. The van der Waals surface area contributed by atoms with Gasteiger partial charge in [0.2, 0.25) is 0 Å². The molecule has 0 spiro atoms. The minimum absolute atomic E-state index is 0.101. The van der Waals surface area contributed by atoms with Crippen molar-refractivity contribution in [2.45, 2.75) is 39.1 Å². The van der Waals surface area contributed by atoms with Crippen molar-refractivity contribution in [3.63, 3.8) is 0 Å². The first-order valence-electron chi connectivity index (χ1n) is 9.29. The van der Waals surface area contributed by atoms with E-state index in [4.69, 9.17) is 4.84 Å². The zero-order valence-corrected chi connectivity index (χ0v) is 15.7. The number of carbonyl (C=O) groups excluding carboxylic acids is 1. The van der Waals surface area contributed by atoms with Crippen LogP contribution in [0.2, 0.25) is 0 Å². The lowest BCUT2D eigenvalue weighted by atomic mass is 9.97. The van der Waals surface area contributed by atoms with Gasteiger partial charge in [-0.1, -0.05) is 31.2 Å². The predicted octanol–water partition coefficient (Wildman–Crippen LogP) is 4.34. The van der Waals surface area contributed by atoms with Crippen molar-refractivity contribution in [2.75, 3.05) is 13.1 Å². The Morgan fingerprint density at radius 2 is 2.00 bits per heavy atom. The largest absolute Gasteiger partial charge is 0.416 e. The maximum absolute atomic E-state index is 12.8. The second kappa shape index (κ2) is 8.75. The van der Waals surface area contributed by atoms with Crippen molar-refractivity contribution in [3.8, 4) is 0 Å². The summed E-state index contributed by atoms with van der Waals surface area (Å²) in [5.74, 6) is -0.710. The van der Waals surface area contributed by atoms with Gasteiger partial charge in [-0.25, -0.2) is 5.48 Å². The molecule has 0 saturated carbocycles. The number of rotatable bonds is 6. The maximum atomic E-state index is 12.8. The third kappa shape index (κ3) is 5.11. The van der Waals surface area contributed by atoms with Crippen molar-refractivity contribution in [1.82, 2.24) is 10.4 Å². The Morgan fingerprint density at radius 3 is 2.75 bits per heavy atom. The minimum atomic E-state index is -4.49. The van der Waals surface area contributed by atoms with E-state index < -0.39 is 17.6 Å². The third-order valence-corrected chi connectivity index (χ3v) is 4.76. The average molecular weight is 392 g/mol. The quantitative estimate of drug-likeness (QED) is 0.744. The van der Waals surface area contributed by atoms with Gasteiger partial charge in [0.15, 0.2) is 0 Å². The highest BCUT2D eigenvalue weighted by Gasteiger charge is 2.30. The second-order valence-corrected chi connectivity index (χ2v) is 6.93. The molecule has 28 heavy (non-hydrogen) atoms. The van der Waals surface area contributed by atoms with Gasteiger partial charge in [-0.05, 0) is 54.3 Å². The van der Waals surface area contributed by atoms with E-state index in [0.717, 1.165) is 50.2 Å². The zero-order chi connectivity index (χ0) is 20.1. The van der Waals surface area contributed by atoms with Crippen LogP contribution in [-0.2, 0) is 30.6 Å². The summed E-state index contributed by atoms with van der Waals surface area (Å²) in [7, 11) is 0. The van der Waals surface area contributed by atoms with E-state index >= 15 is 0 Å². The lowest BCUT2D eigenvalue weighted by molar-refractivity contribution is -0.137. The van der Waals surface area contributed by atoms with E-state index in [2.05, 4.69) is 29.4 Å². The monoisotopic (exact) mass is 392 g/mol. The number of hydrogen-bond acceptors (Lipinski definition) is 3. The molecule has 1 amide bonds. The van der Waals surface area contributed by atoms with E-state index in [-0.39, 0.29) is 12.2 Å². The number of alkyl halides is 3. The molecule has 0 bridgehead atoms. The molecule has 0 atom stereocenters. The van der Waals surface area contributed by atoms with Crippen LogP contribution in [0.1, 0.15) is 46.0 Å². The molecule has 0 unspecified atom stereocenters. The van der Waals surface area contributed by atoms with Crippen LogP contribution >= 0.6 is 0 Å². The van der Waals surface area contributed by atoms with Gasteiger partial charge < -0.3 is 0 Å². The van der Waals surface area contributed by atoms with E-state index in [1.165, 1.54) is 23.3 Å². The molecule has 0 aromatic heterocycles. The molecule has 0 radical (unpaired) electrons. The topological polar surface area (TPSA) is 41.6 Å². The molecule has 150 valence electrons. The fourth-order valence-corrected chi connectivity index (χ4v) is 3.35. The lowest BCUT2D eigenvalue weighted by Gasteiger charge is -2.28. The van der Waals surface area contributed by atoms with Crippen molar-refractivity contribution < 1.29 is 22.8 Å². The normalized spacial score (nSPS) is 14.6. The van der Waals surface area contributed by atoms with Crippen LogP contribution < -0.4 is 5.48 Å². The van der Waals surface area contributed by atoms with Gasteiger partial charge in [-0.15, -0.1) is 0 Å². The second-order valence-electron chi connectivity index (χ2n) is 6.93. The summed E-state index contributed by atoms with van der Waals surface area (Å²) in [6.45, 7) is 5.32. The van der Waals surface area contributed by atoms with Crippen LogP contribution in [0.3, 0.4) is 0 Å². The fraction of sp³-hybridized carbons (Fsp3) is 0.381. The summed E-state index contributed by atoms with van der Waals surface area (Å²) in [4.78, 5) is 19.7. The Kier molecular flexibility index (Phi) is 6.36. The van der Waals surface area contributed by atoms with Gasteiger partial charge in [-0.3, -0.25) is 14.5 Å². The standard InChI is InChI=1S/C21H23F3N2O2/c1-2-9-26-10-8-16-7-6-15(11-18(16)13-26)14-28-25-20(27)17-4-3-5-19(12-17)21(22,23)24/h3-7,11-12H,2,8-10,13-14H2,1H3,(H,25,27). The molecule has 3 rings (SSSR count). The number of nitrogens with zero attached hydrogens (tertiary/aromatic N) is 1. The first-order chi connectivity index (χ1) is 13.4. The molecule has 1 aliphatic rings. The highest BCUT2D eigenvalue weighted by Crippen LogP contribution is 2.29. The molecule has 2 aromatic carbocycles. The number of hydroxylamine groups is 1. The Balaban J connectivity index is 1.57. The fourth-order valence-electron chi connectivity index (χ4n) is 3.35. The number of amides is 1. The summed E-state index contributed by atoms with van der Waals surface area (Å²) < 4.78 is 38.3. The van der Waals surface area contributed by atoms with Crippen molar-refractivity contribution >= 4 is 5.91 Å². The number of fused-ring (bicyclic) bond motifs is 1. The third-order valence-electron chi connectivity index (χ3n) is 4.76. The molecule has 1 N–H and O–H groups in total. The zero-order valence-electron chi connectivity index (χ0n) is 15.7. The summed E-state index contributed by atoms with van der Waals surface area (Å²) >= 11 is 0. The lowest BCUT2D eigenvalue weighted by Crippen LogP contribution is -2.31. The molecule has 4 nitrogen and oxygen atoms in total. The molecule has 1 heterocycles. The highest BCUT2D eigenvalue weighted by atomic mass is 19.4. The van der Waals surface area contributed by atoms with Crippen LogP contribution in [0.4, 0.5) is 13.2 Å². The molecule has 7 heteroatoms. The van der Waals surface area contributed by atoms with Crippen LogP contribution in [0.5, 0.6) is 0 Å². The van der Waals surface area contributed by atoms with Crippen LogP contribution in [-0.4, -0.2) is 23.9 Å². The number of halogens is 3. The van der Waals surface area contributed by atoms with Gasteiger partial charge in [0, 0.05) is 18.7 Å². The number of hydrogen-bond donors (Lipinski definition) is 1. The predicted molar refractivity (Wildman–Crippen MR) is 99.4 cm³/mol. The van der Waals surface area contributed by atoms with E-state index in [0.29, 0.717) is 0 Å². The molecule has 0 fully saturated rings. The Hall–Kier alpha value is -2.38. The summed E-state index contributed by atoms with van der Waals surface area (Å²) in [6, 6.07) is 10.3. The van der Waals surface area contributed by atoms with Gasteiger partial charge in [-0.2, -0.15) is 13.2 Å². The van der Waals surface area contributed by atoms with Gasteiger partial charge in [0.1, 0.15) is 0 Å². The highest BCUT2D eigenvalue weighted by molar-refractivity contribution is 5.93. The molecule has 1 aliphatic heterocycles. The summed E-state index contributed by atoms with van der Waals surface area (Å²) in [6.07, 6.45) is -2.37. The van der Waals surface area contributed by atoms with Crippen molar-refractivity contribution in [3.05, 3.63) is 70.3 Å². The smallest absolute Gasteiger partial charge is 0.299 e. The number of nitrogens with one attached hydrogen (secondary N) is 1. The summed E-state index contributed by atoms with van der Waals surface area (Å²) in [5, 5.41) is 0. The number of benzene rings is 2. The number of carbonyl (C=O) groups is 1. The SMILES string of the molecule is CCCN1CCc2ccc(CONC(=O)c3cccc(C(F)(F)F)c3)cc2C1. The van der Waals surface area contributed by atoms with Crippen LogP contribution in [0.15, 0.2) is 42.5 Å². The summed E-state index contributed by atoms with van der Waals surface area (Å²) in [5.41, 5.74) is 4.73. The van der Waals surface area contributed by atoms with Crippen LogP contribution in [0, 0.1) is 0 Å². The minimum Gasteiger partial charge on any atom is -0.299 e. The van der Waals surface area contributed by atoms with Gasteiger partial charge >= 0.3 is 6.18 Å². The molecule has 0 saturated heterocycles. The van der Waals surface area contributed by atoms with Crippen molar-refractivity contribution in [2.24, 2.45) is 0 Å². The average Bonchev–Trinajstić information content (AvgIpc) is 2.67. The van der Waals surface area contributed by atoms with Gasteiger partial charge in [0.05, 0.1) is 12.2 Å². The first kappa shape index (κ1) is 20.4. The van der Waals surface area contributed by atoms with E-state index in [1.807, 2.05) is 6.07 Å². The Labute approximate surface area is 162 Å². The molecule has 2 aromatic rings.